The van der Waals surface area contributed by atoms with Crippen LogP contribution >= 0.6 is 0 Å². The number of aryl methyl sites for hydroxylation is 1. The van der Waals surface area contributed by atoms with E-state index in [1.807, 2.05) is 0 Å². The smallest absolute Gasteiger partial charge is 0.416 e. The molecular formula is C16H18F3N5O. The predicted octanol–water partition coefficient (Wildman–Crippen LogP) is 2.74. The average molecular weight is 353 g/mol. The van der Waals surface area contributed by atoms with E-state index in [4.69, 9.17) is 0 Å². The zero-order valence-corrected chi connectivity index (χ0v) is 13.6. The lowest BCUT2D eigenvalue weighted by atomic mass is 10.1. The van der Waals surface area contributed by atoms with Gasteiger partial charge in [0.05, 0.1) is 11.3 Å². The number of anilines is 1. The number of hydrogen-bond donors (Lipinski definition) is 3. The molecule has 3 rings (SSSR count). The van der Waals surface area contributed by atoms with Crippen LogP contribution in [0.4, 0.5) is 19.1 Å². The Bertz CT molecular complexity index is 760. The molecule has 1 unspecified atom stereocenters. The Kier molecular flexibility index (Phi) is 4.76. The molecule has 2 aromatic rings. The van der Waals surface area contributed by atoms with Crippen molar-refractivity contribution in [3.05, 3.63) is 29.5 Å². The Morgan fingerprint density at radius 2 is 2.12 bits per heavy atom. The number of phenols is 1. The second kappa shape index (κ2) is 6.83. The number of aromatic nitrogens is 3. The average Bonchev–Trinajstić information content (AvgIpc) is 3.06. The van der Waals surface area contributed by atoms with Crippen LogP contribution in [0.15, 0.2) is 18.2 Å². The minimum absolute atomic E-state index is 0.162. The molecule has 3 N–H and O–H groups in total. The first-order valence-electron chi connectivity index (χ1n) is 7.94. The van der Waals surface area contributed by atoms with Crippen molar-refractivity contribution in [1.82, 2.24) is 20.5 Å². The lowest BCUT2D eigenvalue weighted by molar-refractivity contribution is -0.137. The highest BCUT2D eigenvalue weighted by molar-refractivity contribution is 5.69. The molecule has 9 heteroatoms. The summed E-state index contributed by atoms with van der Waals surface area (Å²) < 4.78 is 38.0. The normalized spacial score (nSPS) is 17.7. The van der Waals surface area contributed by atoms with Crippen LogP contribution in [0.3, 0.4) is 0 Å². The highest BCUT2D eigenvalue weighted by atomic mass is 19.4. The third-order valence-corrected chi connectivity index (χ3v) is 4.11. The van der Waals surface area contributed by atoms with E-state index in [1.54, 1.807) is 6.92 Å². The summed E-state index contributed by atoms with van der Waals surface area (Å²) >= 11 is 0. The summed E-state index contributed by atoms with van der Waals surface area (Å²) in [5.41, 5.74) is -0.0492. The molecule has 0 saturated carbocycles. The zero-order chi connectivity index (χ0) is 18.0. The van der Waals surface area contributed by atoms with E-state index in [9.17, 15) is 18.3 Å². The van der Waals surface area contributed by atoms with Crippen LogP contribution < -0.4 is 10.6 Å². The Morgan fingerprint density at radius 3 is 2.72 bits per heavy atom. The monoisotopic (exact) mass is 353 g/mol. The number of nitrogens with one attached hydrogen (secondary N) is 2. The number of halogens is 3. The number of nitrogens with zero attached hydrogens (tertiary/aromatic N) is 3. The molecule has 0 radical (unpaired) electrons. The molecular weight excluding hydrogens is 335 g/mol. The van der Waals surface area contributed by atoms with Gasteiger partial charge in [-0.3, -0.25) is 0 Å². The van der Waals surface area contributed by atoms with Gasteiger partial charge in [0.15, 0.2) is 0 Å². The van der Waals surface area contributed by atoms with E-state index >= 15 is 0 Å². The van der Waals surface area contributed by atoms with Crippen LogP contribution in [-0.4, -0.2) is 39.4 Å². The molecule has 1 saturated heterocycles. The lowest BCUT2D eigenvalue weighted by Gasteiger charge is -2.13. The van der Waals surface area contributed by atoms with Crippen molar-refractivity contribution >= 4 is 5.95 Å². The molecule has 1 fully saturated rings. The number of benzene rings is 1. The molecule has 0 aliphatic carbocycles. The summed E-state index contributed by atoms with van der Waals surface area (Å²) in [6.45, 7) is 3.34. The van der Waals surface area contributed by atoms with Crippen LogP contribution in [0.2, 0.25) is 0 Å². The van der Waals surface area contributed by atoms with Gasteiger partial charge < -0.3 is 15.7 Å². The summed E-state index contributed by atoms with van der Waals surface area (Å²) in [6.07, 6.45) is -2.30. The maximum Gasteiger partial charge on any atom is 0.416 e. The van der Waals surface area contributed by atoms with Crippen molar-refractivity contribution in [2.24, 2.45) is 0 Å². The van der Waals surface area contributed by atoms with E-state index in [2.05, 4.69) is 25.8 Å². The molecule has 1 aliphatic rings. The third-order valence-electron chi connectivity index (χ3n) is 4.11. The van der Waals surface area contributed by atoms with Crippen molar-refractivity contribution in [2.45, 2.75) is 32.0 Å². The second-order valence-electron chi connectivity index (χ2n) is 5.97. The summed E-state index contributed by atoms with van der Waals surface area (Å²) in [5.74, 6) is -0.161. The Hall–Kier alpha value is -2.42. The first-order chi connectivity index (χ1) is 11.8. The van der Waals surface area contributed by atoms with Crippen LogP contribution in [-0.2, 0) is 6.18 Å². The van der Waals surface area contributed by atoms with E-state index in [0.29, 0.717) is 30.3 Å². The number of hydrogen-bond acceptors (Lipinski definition) is 6. The number of alkyl halides is 3. The number of aromatic hydroxyl groups is 1. The topological polar surface area (TPSA) is 83.0 Å². The van der Waals surface area contributed by atoms with Crippen LogP contribution in [0, 0.1) is 6.92 Å². The van der Waals surface area contributed by atoms with Gasteiger partial charge >= 0.3 is 6.18 Å². The highest BCUT2D eigenvalue weighted by Crippen LogP contribution is 2.36. The Labute approximate surface area is 142 Å². The van der Waals surface area contributed by atoms with Gasteiger partial charge in [-0.05, 0) is 44.5 Å². The van der Waals surface area contributed by atoms with Gasteiger partial charge in [-0.1, -0.05) is 0 Å². The van der Waals surface area contributed by atoms with E-state index in [1.165, 1.54) is 6.07 Å². The van der Waals surface area contributed by atoms with Crippen molar-refractivity contribution < 1.29 is 18.3 Å². The minimum atomic E-state index is -4.52. The largest absolute Gasteiger partial charge is 0.507 e. The maximum absolute atomic E-state index is 12.7. The van der Waals surface area contributed by atoms with Crippen LogP contribution in [0.25, 0.3) is 11.3 Å². The van der Waals surface area contributed by atoms with Gasteiger partial charge in [-0.15, -0.1) is 10.2 Å². The van der Waals surface area contributed by atoms with Gasteiger partial charge in [-0.2, -0.15) is 13.2 Å². The van der Waals surface area contributed by atoms with Crippen LogP contribution in [0.1, 0.15) is 24.1 Å². The fourth-order valence-electron chi connectivity index (χ4n) is 2.78. The number of phenolic OH excluding ortho intramolecular Hbond substituents is 1. The molecule has 1 aromatic carbocycles. The summed E-state index contributed by atoms with van der Waals surface area (Å²) in [6, 6.07) is 3.11. The zero-order valence-electron chi connectivity index (χ0n) is 13.6. The van der Waals surface area contributed by atoms with Crippen molar-refractivity contribution in [3.8, 4) is 17.0 Å². The van der Waals surface area contributed by atoms with E-state index < -0.39 is 17.5 Å². The van der Waals surface area contributed by atoms with Crippen molar-refractivity contribution in [1.29, 1.82) is 0 Å². The van der Waals surface area contributed by atoms with Gasteiger partial charge in [0.2, 0.25) is 5.95 Å². The second-order valence-corrected chi connectivity index (χ2v) is 5.97. The SMILES string of the molecule is Cc1nc(NCC2CCCN2)nnc1-c1ccc(C(F)(F)F)cc1O. The molecule has 0 amide bonds. The predicted molar refractivity (Wildman–Crippen MR) is 86.2 cm³/mol. The molecule has 0 spiro atoms. The van der Waals surface area contributed by atoms with Crippen molar-refractivity contribution in [3.63, 3.8) is 0 Å². The summed E-state index contributed by atoms with van der Waals surface area (Å²) in [4.78, 5) is 4.28. The standard InChI is InChI=1S/C16H18F3N5O/c1-9-14(12-5-4-10(7-13(12)25)16(17,18)19)23-24-15(22-9)21-8-11-3-2-6-20-11/h4-5,7,11,20,25H,2-3,6,8H2,1H3,(H,21,22,24). The molecule has 134 valence electrons. The molecule has 2 heterocycles. The van der Waals surface area contributed by atoms with Crippen LogP contribution in [0.5, 0.6) is 5.75 Å². The Balaban J connectivity index is 1.78. The highest BCUT2D eigenvalue weighted by Gasteiger charge is 2.31. The molecule has 0 bridgehead atoms. The molecule has 1 aliphatic heterocycles. The first kappa shape index (κ1) is 17.4. The summed E-state index contributed by atoms with van der Waals surface area (Å²) in [7, 11) is 0. The molecule has 1 aromatic heterocycles. The maximum atomic E-state index is 12.7. The Morgan fingerprint density at radius 1 is 1.32 bits per heavy atom. The van der Waals surface area contributed by atoms with E-state index in [0.717, 1.165) is 25.5 Å². The number of rotatable bonds is 4. The van der Waals surface area contributed by atoms with Gasteiger partial charge in [-0.25, -0.2) is 4.98 Å². The fourth-order valence-corrected chi connectivity index (χ4v) is 2.78. The van der Waals surface area contributed by atoms with Gasteiger partial charge in [0, 0.05) is 18.2 Å². The quantitative estimate of drug-likeness (QED) is 0.784. The van der Waals surface area contributed by atoms with Gasteiger partial charge in [0.25, 0.3) is 0 Å². The first-order valence-corrected chi connectivity index (χ1v) is 7.94. The van der Waals surface area contributed by atoms with E-state index in [-0.39, 0.29) is 11.3 Å². The minimum Gasteiger partial charge on any atom is -0.507 e. The summed E-state index contributed by atoms with van der Waals surface area (Å²) in [5, 5.41) is 24.3. The fraction of sp³-hybridized carbons (Fsp3) is 0.438. The molecule has 25 heavy (non-hydrogen) atoms. The molecule has 1 atom stereocenters. The van der Waals surface area contributed by atoms with Gasteiger partial charge in [0.1, 0.15) is 11.4 Å². The molecule has 6 nitrogen and oxygen atoms in total. The third kappa shape index (κ3) is 3.98. The van der Waals surface area contributed by atoms with Crippen molar-refractivity contribution in [2.75, 3.05) is 18.4 Å². The lowest BCUT2D eigenvalue weighted by Crippen LogP contribution is -2.29.